The van der Waals surface area contributed by atoms with Crippen molar-refractivity contribution in [2.75, 3.05) is 5.75 Å². The molecule has 0 spiro atoms. The van der Waals surface area contributed by atoms with Crippen molar-refractivity contribution in [3.05, 3.63) is 0 Å². The second-order valence-corrected chi connectivity index (χ2v) is 4.57. The van der Waals surface area contributed by atoms with Crippen LogP contribution in [-0.2, 0) is 15.8 Å². The van der Waals surface area contributed by atoms with Gasteiger partial charge in [0, 0.05) is 12.2 Å². The van der Waals surface area contributed by atoms with Crippen molar-refractivity contribution in [3.8, 4) is 0 Å². The molecule has 1 heterocycles. The Morgan fingerprint density at radius 3 is 2.71 bits per heavy atom. The Morgan fingerprint density at radius 2 is 2.21 bits per heavy atom. The summed E-state index contributed by atoms with van der Waals surface area (Å²) in [5.74, 6) is 0.0280. The monoisotopic (exact) mass is 223 g/mol. The predicted molar refractivity (Wildman–Crippen MR) is 49.4 cm³/mol. The van der Waals surface area contributed by atoms with E-state index in [4.69, 9.17) is 4.74 Å². The molecule has 1 rings (SSSR count). The summed E-state index contributed by atoms with van der Waals surface area (Å²) in [4.78, 5) is 0. The normalized spacial score (nSPS) is 40.9. The molecule has 0 aromatic heterocycles. The summed E-state index contributed by atoms with van der Waals surface area (Å²) in [6.45, 7) is 1.66. The van der Waals surface area contributed by atoms with Crippen molar-refractivity contribution < 1.29 is 23.7 Å². The lowest BCUT2D eigenvalue weighted by molar-refractivity contribution is -0.161. The second-order valence-electron chi connectivity index (χ2n) is 3.55. The average molecular weight is 223 g/mol. The molecule has 0 aliphatic carbocycles. The van der Waals surface area contributed by atoms with Crippen LogP contribution in [0.3, 0.4) is 0 Å². The predicted octanol–water partition coefficient (Wildman–Crippen LogP) is -0.845. The lowest BCUT2D eigenvalue weighted by atomic mass is 9.97. The molecule has 0 bridgehead atoms. The zero-order valence-electron chi connectivity index (χ0n) is 7.96. The molecule has 0 radical (unpaired) electrons. The molecular weight excluding hydrogens is 208 g/mol. The summed E-state index contributed by atoms with van der Waals surface area (Å²) in [7, 11) is 0. The van der Waals surface area contributed by atoms with Crippen molar-refractivity contribution in [2.45, 2.75) is 44.2 Å². The third-order valence-corrected chi connectivity index (χ3v) is 2.96. The highest BCUT2D eigenvalue weighted by atomic mass is 32.2. The van der Waals surface area contributed by atoms with Gasteiger partial charge in [-0.2, -0.15) is 0 Å². The van der Waals surface area contributed by atoms with E-state index in [1.54, 1.807) is 6.92 Å². The average Bonchev–Trinajstić information content (AvgIpc) is 2.10. The standard InChI is InChI=1S/C8H16O5S/c1-5-8(10)7(9)4-6(13-5)2-3-14(11)12/h5-10H,2-4H2,1H3,(H,11,12)/p-1/t5?,6-,7+,8-/m1/s1. The van der Waals surface area contributed by atoms with E-state index in [1.807, 2.05) is 0 Å². The maximum Gasteiger partial charge on any atom is 0.106 e. The van der Waals surface area contributed by atoms with Gasteiger partial charge < -0.3 is 19.5 Å². The molecule has 5 atom stereocenters. The number of aliphatic hydroxyl groups is 2. The van der Waals surface area contributed by atoms with Gasteiger partial charge in [-0.1, -0.05) is 11.1 Å². The first-order valence-electron chi connectivity index (χ1n) is 4.58. The second kappa shape index (κ2) is 5.18. The molecule has 1 saturated heterocycles. The maximum atomic E-state index is 10.3. The van der Waals surface area contributed by atoms with E-state index < -0.39 is 29.4 Å². The van der Waals surface area contributed by atoms with Gasteiger partial charge >= 0.3 is 0 Å². The number of hydrogen-bond donors (Lipinski definition) is 2. The zero-order chi connectivity index (χ0) is 10.7. The Labute approximate surface area is 85.4 Å². The van der Waals surface area contributed by atoms with Crippen LogP contribution in [0, 0.1) is 0 Å². The maximum absolute atomic E-state index is 10.3. The van der Waals surface area contributed by atoms with Gasteiger partial charge in [0.05, 0.1) is 18.3 Å². The van der Waals surface area contributed by atoms with Crippen LogP contribution in [0.25, 0.3) is 0 Å². The van der Waals surface area contributed by atoms with Crippen LogP contribution < -0.4 is 0 Å². The fraction of sp³-hybridized carbons (Fsp3) is 1.00. The molecule has 1 fully saturated rings. The van der Waals surface area contributed by atoms with Crippen molar-refractivity contribution in [1.29, 1.82) is 0 Å². The van der Waals surface area contributed by atoms with Gasteiger partial charge in [-0.3, -0.25) is 4.21 Å². The lowest BCUT2D eigenvalue weighted by Gasteiger charge is -2.35. The van der Waals surface area contributed by atoms with Crippen molar-refractivity contribution in [2.24, 2.45) is 0 Å². The summed E-state index contributed by atoms with van der Waals surface area (Å²) >= 11 is -2.07. The number of rotatable bonds is 3. The Balaban J connectivity index is 2.38. The lowest BCUT2D eigenvalue weighted by Crippen LogP contribution is -2.47. The first kappa shape index (κ1) is 12.1. The van der Waals surface area contributed by atoms with E-state index >= 15 is 0 Å². The summed E-state index contributed by atoms with van der Waals surface area (Å²) < 4.78 is 25.9. The molecule has 2 unspecified atom stereocenters. The minimum Gasteiger partial charge on any atom is -0.772 e. The molecule has 14 heavy (non-hydrogen) atoms. The number of hydrogen-bond acceptors (Lipinski definition) is 5. The van der Waals surface area contributed by atoms with Gasteiger partial charge in [-0.15, -0.1) is 0 Å². The molecule has 1 aliphatic heterocycles. The van der Waals surface area contributed by atoms with Crippen molar-refractivity contribution >= 4 is 11.1 Å². The first-order chi connectivity index (χ1) is 6.50. The van der Waals surface area contributed by atoms with Crippen molar-refractivity contribution in [3.63, 3.8) is 0 Å². The largest absolute Gasteiger partial charge is 0.772 e. The Morgan fingerprint density at radius 1 is 1.57 bits per heavy atom. The Kier molecular flexibility index (Phi) is 4.46. The molecule has 6 heteroatoms. The minimum atomic E-state index is -2.07. The topological polar surface area (TPSA) is 89.8 Å². The van der Waals surface area contributed by atoms with Crippen LogP contribution in [0.15, 0.2) is 0 Å². The first-order valence-corrected chi connectivity index (χ1v) is 5.82. The molecular formula is C8H15O5S-. The molecule has 84 valence electrons. The summed E-state index contributed by atoms with van der Waals surface area (Å²) in [6.07, 6.45) is -1.74. The van der Waals surface area contributed by atoms with Gasteiger partial charge in [-0.05, 0) is 13.3 Å². The van der Waals surface area contributed by atoms with Crippen LogP contribution in [-0.4, -0.2) is 49.1 Å². The molecule has 0 aromatic rings. The van der Waals surface area contributed by atoms with Gasteiger partial charge in [0.15, 0.2) is 0 Å². The highest BCUT2D eigenvalue weighted by Crippen LogP contribution is 2.22. The van der Waals surface area contributed by atoms with Crippen LogP contribution in [0.5, 0.6) is 0 Å². The number of aliphatic hydroxyl groups excluding tert-OH is 2. The molecule has 5 nitrogen and oxygen atoms in total. The minimum absolute atomic E-state index is 0.0280. The van der Waals surface area contributed by atoms with E-state index in [9.17, 15) is 19.0 Å². The smallest absolute Gasteiger partial charge is 0.106 e. The van der Waals surface area contributed by atoms with Gasteiger partial charge in [0.2, 0.25) is 0 Å². The third kappa shape index (κ3) is 3.29. The highest BCUT2D eigenvalue weighted by Gasteiger charge is 2.33. The summed E-state index contributed by atoms with van der Waals surface area (Å²) in [6, 6.07) is 0. The molecule has 0 amide bonds. The van der Waals surface area contributed by atoms with Crippen LogP contribution in [0.4, 0.5) is 0 Å². The fourth-order valence-electron chi connectivity index (χ4n) is 1.57. The number of ether oxygens (including phenoxy) is 1. The van der Waals surface area contributed by atoms with Gasteiger partial charge in [0.25, 0.3) is 0 Å². The van der Waals surface area contributed by atoms with E-state index in [1.165, 1.54) is 0 Å². The molecule has 2 N–H and O–H groups in total. The SMILES string of the molecule is CC1O[C@H](CCS(=O)[O-])C[C@H](O)[C@@H]1O. The van der Waals surface area contributed by atoms with Gasteiger partial charge in [-0.25, -0.2) is 0 Å². The Bertz CT molecular complexity index is 198. The van der Waals surface area contributed by atoms with E-state index in [0.29, 0.717) is 12.8 Å². The Hall–Kier alpha value is -0.0100. The molecule has 1 aliphatic rings. The van der Waals surface area contributed by atoms with E-state index in [-0.39, 0.29) is 11.9 Å². The highest BCUT2D eigenvalue weighted by molar-refractivity contribution is 7.79. The van der Waals surface area contributed by atoms with Crippen molar-refractivity contribution in [1.82, 2.24) is 0 Å². The molecule has 0 saturated carbocycles. The quantitative estimate of drug-likeness (QED) is 0.609. The summed E-state index contributed by atoms with van der Waals surface area (Å²) in [5.41, 5.74) is 0. The molecule has 0 aromatic carbocycles. The zero-order valence-corrected chi connectivity index (χ0v) is 8.77. The van der Waals surface area contributed by atoms with E-state index in [2.05, 4.69) is 0 Å². The summed E-state index contributed by atoms with van der Waals surface area (Å²) in [5, 5.41) is 18.7. The van der Waals surface area contributed by atoms with E-state index in [0.717, 1.165) is 0 Å². The fourth-order valence-corrected chi connectivity index (χ4v) is 2.03. The third-order valence-electron chi connectivity index (χ3n) is 2.39. The van der Waals surface area contributed by atoms with Crippen LogP contribution in [0.1, 0.15) is 19.8 Å². The van der Waals surface area contributed by atoms with Gasteiger partial charge in [0.1, 0.15) is 6.10 Å². The van der Waals surface area contributed by atoms with Crippen LogP contribution in [0.2, 0.25) is 0 Å². The van der Waals surface area contributed by atoms with Crippen LogP contribution >= 0.6 is 0 Å².